The highest BCUT2D eigenvalue weighted by atomic mass is 15.3. The van der Waals surface area contributed by atoms with Gasteiger partial charge in [0.15, 0.2) is 5.65 Å². The lowest BCUT2D eigenvalue weighted by molar-refractivity contribution is 0.643. The standard InChI is InChI=1S/C19H20N6/c1-14-5-2-6-15(11-14)17-7-3-9-24(17)18-16-12-23-25(10-4-8-20)19(16)22-13-21-18/h2,5-6,11-13,17H,3-4,7,9-10H2,1H3. The molecule has 126 valence electrons. The van der Waals surface area contributed by atoms with E-state index in [0.29, 0.717) is 19.0 Å². The van der Waals surface area contributed by atoms with Crippen LogP contribution >= 0.6 is 0 Å². The zero-order chi connectivity index (χ0) is 17.2. The first-order chi connectivity index (χ1) is 12.3. The van der Waals surface area contributed by atoms with Crippen molar-refractivity contribution >= 4 is 16.9 Å². The lowest BCUT2D eigenvalue weighted by Crippen LogP contribution is -2.24. The van der Waals surface area contributed by atoms with Crippen molar-refractivity contribution in [1.29, 1.82) is 5.26 Å². The van der Waals surface area contributed by atoms with Gasteiger partial charge in [0.2, 0.25) is 0 Å². The molecule has 0 aliphatic carbocycles. The molecule has 0 saturated carbocycles. The molecular weight excluding hydrogens is 312 g/mol. The Bertz CT molecular complexity index is 938. The van der Waals surface area contributed by atoms with Crippen molar-refractivity contribution in [1.82, 2.24) is 19.7 Å². The molecule has 2 aromatic heterocycles. The average molecular weight is 332 g/mol. The lowest BCUT2D eigenvalue weighted by Gasteiger charge is -2.26. The second-order valence-corrected chi connectivity index (χ2v) is 6.48. The summed E-state index contributed by atoms with van der Waals surface area (Å²) >= 11 is 0. The molecule has 3 aromatic rings. The van der Waals surface area contributed by atoms with Crippen molar-refractivity contribution in [2.45, 2.75) is 38.8 Å². The Morgan fingerprint density at radius 1 is 1.32 bits per heavy atom. The number of aryl methyl sites for hydroxylation is 2. The fraction of sp³-hybridized carbons (Fsp3) is 0.368. The molecular formula is C19H20N6. The van der Waals surface area contributed by atoms with Crippen LogP contribution in [-0.2, 0) is 6.54 Å². The normalized spacial score (nSPS) is 17.1. The maximum Gasteiger partial charge on any atom is 0.163 e. The van der Waals surface area contributed by atoms with E-state index in [1.54, 1.807) is 11.0 Å². The van der Waals surface area contributed by atoms with Crippen LogP contribution in [0.15, 0.2) is 36.8 Å². The maximum absolute atomic E-state index is 8.82. The highest BCUT2D eigenvalue weighted by molar-refractivity contribution is 5.87. The maximum atomic E-state index is 8.82. The number of rotatable bonds is 4. The van der Waals surface area contributed by atoms with Crippen LogP contribution in [0.2, 0.25) is 0 Å². The van der Waals surface area contributed by atoms with Crippen molar-refractivity contribution in [3.8, 4) is 6.07 Å². The predicted molar refractivity (Wildman–Crippen MR) is 96.1 cm³/mol. The van der Waals surface area contributed by atoms with Gasteiger partial charge in [0.1, 0.15) is 12.1 Å². The molecule has 1 atom stereocenters. The minimum atomic E-state index is 0.334. The molecule has 0 radical (unpaired) electrons. The number of benzene rings is 1. The van der Waals surface area contributed by atoms with Crippen molar-refractivity contribution in [3.05, 3.63) is 47.9 Å². The first kappa shape index (κ1) is 15.6. The van der Waals surface area contributed by atoms with Gasteiger partial charge < -0.3 is 4.90 Å². The van der Waals surface area contributed by atoms with Gasteiger partial charge in [-0.2, -0.15) is 10.4 Å². The Morgan fingerprint density at radius 3 is 3.08 bits per heavy atom. The minimum Gasteiger partial charge on any atom is -0.349 e. The summed E-state index contributed by atoms with van der Waals surface area (Å²) in [4.78, 5) is 11.3. The van der Waals surface area contributed by atoms with Gasteiger partial charge in [0.05, 0.1) is 36.7 Å². The monoisotopic (exact) mass is 332 g/mol. The highest BCUT2D eigenvalue weighted by Crippen LogP contribution is 2.37. The van der Waals surface area contributed by atoms with Crippen LogP contribution in [0.5, 0.6) is 0 Å². The van der Waals surface area contributed by atoms with Gasteiger partial charge in [-0.15, -0.1) is 0 Å². The summed E-state index contributed by atoms with van der Waals surface area (Å²) < 4.78 is 1.79. The van der Waals surface area contributed by atoms with E-state index in [1.165, 1.54) is 11.1 Å². The third-order valence-electron chi connectivity index (χ3n) is 4.80. The molecule has 3 heterocycles. The van der Waals surface area contributed by atoms with Crippen LogP contribution < -0.4 is 4.90 Å². The Labute approximate surface area is 146 Å². The highest BCUT2D eigenvalue weighted by Gasteiger charge is 2.29. The Kier molecular flexibility index (Phi) is 4.06. The first-order valence-corrected chi connectivity index (χ1v) is 8.64. The van der Waals surface area contributed by atoms with E-state index in [0.717, 1.165) is 36.2 Å². The van der Waals surface area contributed by atoms with Gasteiger partial charge in [-0.1, -0.05) is 29.8 Å². The second-order valence-electron chi connectivity index (χ2n) is 6.48. The largest absolute Gasteiger partial charge is 0.349 e. The van der Waals surface area contributed by atoms with E-state index >= 15 is 0 Å². The van der Waals surface area contributed by atoms with E-state index in [9.17, 15) is 0 Å². The summed E-state index contributed by atoms with van der Waals surface area (Å²) in [5, 5.41) is 14.2. The Hall–Kier alpha value is -2.94. The summed E-state index contributed by atoms with van der Waals surface area (Å²) in [5.41, 5.74) is 3.41. The minimum absolute atomic E-state index is 0.334. The summed E-state index contributed by atoms with van der Waals surface area (Å²) in [6, 6.07) is 11.2. The molecule has 1 aliphatic heterocycles. The molecule has 1 unspecified atom stereocenters. The number of hydrogen-bond acceptors (Lipinski definition) is 5. The number of hydrogen-bond donors (Lipinski definition) is 0. The van der Waals surface area contributed by atoms with Crippen LogP contribution in [0.1, 0.15) is 36.4 Å². The van der Waals surface area contributed by atoms with E-state index in [2.05, 4.69) is 57.2 Å². The van der Waals surface area contributed by atoms with Gasteiger partial charge in [0.25, 0.3) is 0 Å². The van der Waals surface area contributed by atoms with Gasteiger partial charge in [-0.3, -0.25) is 0 Å². The summed E-state index contributed by atoms with van der Waals surface area (Å²) in [6.07, 6.45) is 6.12. The fourth-order valence-corrected chi connectivity index (χ4v) is 3.67. The van der Waals surface area contributed by atoms with Crippen molar-refractivity contribution in [3.63, 3.8) is 0 Å². The van der Waals surface area contributed by atoms with E-state index in [1.807, 2.05) is 6.20 Å². The molecule has 25 heavy (non-hydrogen) atoms. The van der Waals surface area contributed by atoms with Gasteiger partial charge in [-0.05, 0) is 25.3 Å². The molecule has 1 saturated heterocycles. The van der Waals surface area contributed by atoms with Crippen LogP contribution in [0.3, 0.4) is 0 Å². The third kappa shape index (κ3) is 2.82. The first-order valence-electron chi connectivity index (χ1n) is 8.64. The van der Waals surface area contributed by atoms with E-state index in [-0.39, 0.29) is 0 Å². The number of aromatic nitrogens is 4. The molecule has 6 nitrogen and oxygen atoms in total. The lowest BCUT2D eigenvalue weighted by atomic mass is 10.0. The zero-order valence-electron chi connectivity index (χ0n) is 14.3. The quantitative estimate of drug-likeness (QED) is 0.732. The molecule has 4 rings (SSSR count). The van der Waals surface area contributed by atoms with E-state index < -0.39 is 0 Å². The van der Waals surface area contributed by atoms with E-state index in [4.69, 9.17) is 5.26 Å². The molecule has 6 heteroatoms. The smallest absolute Gasteiger partial charge is 0.163 e. The van der Waals surface area contributed by atoms with Gasteiger partial charge >= 0.3 is 0 Å². The van der Waals surface area contributed by atoms with Crippen molar-refractivity contribution in [2.24, 2.45) is 0 Å². The second kappa shape index (κ2) is 6.52. The molecule has 1 aromatic carbocycles. The van der Waals surface area contributed by atoms with Gasteiger partial charge in [0, 0.05) is 6.54 Å². The molecule has 0 spiro atoms. The van der Waals surface area contributed by atoms with Crippen molar-refractivity contribution in [2.75, 3.05) is 11.4 Å². The SMILES string of the molecule is Cc1cccc(C2CCCN2c2ncnc3c2cnn3CCC#N)c1. The summed E-state index contributed by atoms with van der Waals surface area (Å²) in [7, 11) is 0. The Balaban J connectivity index is 1.73. The zero-order valence-corrected chi connectivity index (χ0v) is 14.3. The number of fused-ring (bicyclic) bond motifs is 1. The topological polar surface area (TPSA) is 70.6 Å². The Morgan fingerprint density at radius 2 is 2.24 bits per heavy atom. The molecule has 0 amide bonds. The average Bonchev–Trinajstić information content (AvgIpc) is 3.27. The van der Waals surface area contributed by atoms with Crippen molar-refractivity contribution < 1.29 is 0 Å². The van der Waals surface area contributed by atoms with Gasteiger partial charge in [-0.25, -0.2) is 14.6 Å². The summed E-state index contributed by atoms with van der Waals surface area (Å²) in [6.45, 7) is 3.66. The van der Waals surface area contributed by atoms with Crippen LogP contribution in [0, 0.1) is 18.3 Å². The third-order valence-corrected chi connectivity index (χ3v) is 4.80. The fourth-order valence-electron chi connectivity index (χ4n) is 3.67. The molecule has 1 fully saturated rings. The number of anilines is 1. The number of nitrogens with zero attached hydrogens (tertiary/aromatic N) is 6. The molecule has 0 N–H and O–H groups in total. The predicted octanol–water partition coefficient (Wildman–Crippen LogP) is 3.39. The van der Waals surface area contributed by atoms with Crippen LogP contribution in [0.4, 0.5) is 5.82 Å². The number of nitriles is 1. The molecule has 1 aliphatic rings. The van der Waals surface area contributed by atoms with Crippen LogP contribution in [-0.4, -0.2) is 26.3 Å². The van der Waals surface area contributed by atoms with Crippen LogP contribution in [0.25, 0.3) is 11.0 Å². The summed E-state index contributed by atoms with van der Waals surface area (Å²) in [5.74, 6) is 0.942. The molecule has 0 bridgehead atoms.